The van der Waals surface area contributed by atoms with Crippen LogP contribution in [0, 0.1) is 0 Å². The fourth-order valence-electron chi connectivity index (χ4n) is 1.24. The molecule has 7 heteroatoms. The molecule has 0 bridgehead atoms. The Morgan fingerprint density at radius 2 is 1.89 bits per heavy atom. The second-order valence-corrected chi connectivity index (χ2v) is 4.45. The minimum atomic E-state index is -1.20. The molecule has 0 aliphatic rings. The number of amides is 3. The molecule has 0 aromatic heterocycles. The third-order valence-corrected chi connectivity index (χ3v) is 2.41. The maximum atomic E-state index is 11.6. The Morgan fingerprint density at radius 3 is 2.42 bits per heavy atom. The average molecular weight is 265 g/mol. The number of anilines is 1. The molecule has 0 heterocycles. The SMILES string of the molecule is CC(C)(NC(=O)Nc1cccc(C(=O)O)c1)C(N)=O. The Balaban J connectivity index is 2.75. The minimum Gasteiger partial charge on any atom is -0.478 e. The standard InChI is InChI=1S/C12H15N3O4/c1-12(2,10(13)18)15-11(19)14-8-5-3-4-7(6-8)9(16)17/h3-6H,1-2H3,(H2,13,18)(H,16,17)(H2,14,15,19). The lowest BCUT2D eigenvalue weighted by atomic mass is 10.1. The summed E-state index contributed by atoms with van der Waals surface area (Å²) in [4.78, 5) is 33.5. The zero-order chi connectivity index (χ0) is 14.6. The lowest BCUT2D eigenvalue weighted by Crippen LogP contribution is -2.54. The van der Waals surface area contributed by atoms with Gasteiger partial charge in [-0.05, 0) is 32.0 Å². The van der Waals surface area contributed by atoms with Crippen molar-refractivity contribution < 1.29 is 19.5 Å². The summed E-state index contributed by atoms with van der Waals surface area (Å²) in [5.74, 6) is -1.77. The number of hydrogen-bond acceptors (Lipinski definition) is 3. The molecule has 7 nitrogen and oxygen atoms in total. The molecule has 0 saturated heterocycles. The molecule has 0 radical (unpaired) electrons. The molecular formula is C12H15N3O4. The van der Waals surface area contributed by atoms with Gasteiger partial charge in [-0.2, -0.15) is 0 Å². The third-order valence-electron chi connectivity index (χ3n) is 2.41. The Bertz CT molecular complexity index is 525. The van der Waals surface area contributed by atoms with Gasteiger partial charge in [0.05, 0.1) is 5.56 Å². The quantitative estimate of drug-likeness (QED) is 0.642. The van der Waals surface area contributed by atoms with E-state index in [2.05, 4.69) is 10.6 Å². The van der Waals surface area contributed by atoms with Crippen molar-refractivity contribution >= 4 is 23.6 Å². The highest BCUT2D eigenvalue weighted by molar-refractivity contribution is 5.96. The molecular weight excluding hydrogens is 250 g/mol. The van der Waals surface area contributed by atoms with E-state index >= 15 is 0 Å². The van der Waals surface area contributed by atoms with E-state index in [1.165, 1.54) is 38.1 Å². The number of carboxylic acid groups (broad SMARTS) is 1. The van der Waals surface area contributed by atoms with Crippen LogP contribution in [0.4, 0.5) is 10.5 Å². The van der Waals surface area contributed by atoms with E-state index in [4.69, 9.17) is 10.8 Å². The van der Waals surface area contributed by atoms with Gasteiger partial charge in [-0.15, -0.1) is 0 Å². The van der Waals surface area contributed by atoms with Crippen molar-refractivity contribution in [3.63, 3.8) is 0 Å². The van der Waals surface area contributed by atoms with Crippen molar-refractivity contribution in [1.82, 2.24) is 5.32 Å². The number of carboxylic acids is 1. The number of benzene rings is 1. The van der Waals surface area contributed by atoms with E-state index < -0.39 is 23.4 Å². The molecule has 0 fully saturated rings. The van der Waals surface area contributed by atoms with Crippen LogP contribution in [0.25, 0.3) is 0 Å². The van der Waals surface area contributed by atoms with E-state index in [-0.39, 0.29) is 5.56 Å². The highest BCUT2D eigenvalue weighted by Gasteiger charge is 2.26. The molecule has 1 rings (SSSR count). The first kappa shape index (κ1) is 14.5. The highest BCUT2D eigenvalue weighted by atomic mass is 16.4. The summed E-state index contributed by atoms with van der Waals surface area (Å²) in [6.45, 7) is 2.92. The normalized spacial score (nSPS) is 10.6. The molecule has 0 aliphatic carbocycles. The first-order chi connectivity index (χ1) is 8.72. The van der Waals surface area contributed by atoms with Gasteiger partial charge in [-0.3, -0.25) is 4.79 Å². The van der Waals surface area contributed by atoms with E-state index in [0.717, 1.165) is 0 Å². The van der Waals surface area contributed by atoms with Gasteiger partial charge in [0, 0.05) is 5.69 Å². The number of carbonyl (C=O) groups excluding carboxylic acids is 2. The first-order valence-electron chi connectivity index (χ1n) is 5.45. The Hall–Kier alpha value is -2.57. The van der Waals surface area contributed by atoms with Crippen molar-refractivity contribution in [1.29, 1.82) is 0 Å². The van der Waals surface area contributed by atoms with Crippen LogP contribution in [-0.2, 0) is 4.79 Å². The molecule has 19 heavy (non-hydrogen) atoms. The summed E-state index contributed by atoms with van der Waals surface area (Å²) in [5, 5.41) is 13.6. The summed E-state index contributed by atoms with van der Waals surface area (Å²) in [6.07, 6.45) is 0. The summed E-state index contributed by atoms with van der Waals surface area (Å²) in [6, 6.07) is 5.09. The number of carbonyl (C=O) groups is 3. The number of nitrogens with one attached hydrogen (secondary N) is 2. The third kappa shape index (κ3) is 3.98. The van der Waals surface area contributed by atoms with Crippen molar-refractivity contribution in [2.75, 3.05) is 5.32 Å². The summed E-state index contributed by atoms with van der Waals surface area (Å²) in [7, 11) is 0. The van der Waals surface area contributed by atoms with Crippen molar-refractivity contribution in [3.8, 4) is 0 Å². The fraction of sp³-hybridized carbons (Fsp3) is 0.250. The zero-order valence-corrected chi connectivity index (χ0v) is 10.6. The smallest absolute Gasteiger partial charge is 0.335 e. The van der Waals surface area contributed by atoms with E-state index in [9.17, 15) is 14.4 Å². The Kier molecular flexibility index (Phi) is 4.11. The van der Waals surface area contributed by atoms with Gasteiger partial charge < -0.3 is 21.5 Å². The van der Waals surface area contributed by atoms with Crippen LogP contribution in [0.1, 0.15) is 24.2 Å². The van der Waals surface area contributed by atoms with Gasteiger partial charge in [0.2, 0.25) is 5.91 Å². The van der Waals surface area contributed by atoms with Gasteiger partial charge in [-0.1, -0.05) is 6.07 Å². The van der Waals surface area contributed by atoms with Gasteiger partial charge in [-0.25, -0.2) is 9.59 Å². The Labute approximate surface area is 109 Å². The maximum absolute atomic E-state index is 11.6. The van der Waals surface area contributed by atoms with Crippen LogP contribution >= 0.6 is 0 Å². The van der Waals surface area contributed by atoms with Crippen molar-refractivity contribution in [3.05, 3.63) is 29.8 Å². The highest BCUT2D eigenvalue weighted by Crippen LogP contribution is 2.11. The van der Waals surface area contributed by atoms with E-state index in [1.54, 1.807) is 0 Å². The first-order valence-corrected chi connectivity index (χ1v) is 5.45. The minimum absolute atomic E-state index is 0.0481. The molecule has 0 spiro atoms. The van der Waals surface area contributed by atoms with Gasteiger partial charge in [0.15, 0.2) is 0 Å². The molecule has 0 aliphatic heterocycles. The second kappa shape index (κ2) is 5.38. The van der Waals surface area contributed by atoms with Crippen LogP contribution < -0.4 is 16.4 Å². The molecule has 102 valence electrons. The summed E-state index contributed by atoms with van der Waals surface area (Å²) >= 11 is 0. The van der Waals surface area contributed by atoms with Gasteiger partial charge in [0.1, 0.15) is 5.54 Å². The predicted molar refractivity (Wildman–Crippen MR) is 68.8 cm³/mol. The summed E-state index contributed by atoms with van der Waals surface area (Å²) in [5.41, 5.74) is 4.27. The number of nitrogens with two attached hydrogens (primary N) is 1. The van der Waals surface area contributed by atoms with Crippen molar-refractivity contribution in [2.24, 2.45) is 5.73 Å². The van der Waals surface area contributed by atoms with Crippen LogP contribution in [0.5, 0.6) is 0 Å². The largest absolute Gasteiger partial charge is 0.478 e. The topological polar surface area (TPSA) is 122 Å². The lowest BCUT2D eigenvalue weighted by Gasteiger charge is -2.22. The maximum Gasteiger partial charge on any atom is 0.335 e. The molecule has 0 atom stereocenters. The number of aromatic carboxylic acids is 1. The molecule has 0 saturated carbocycles. The molecule has 1 aromatic carbocycles. The van der Waals surface area contributed by atoms with E-state index in [1.807, 2.05) is 0 Å². The zero-order valence-electron chi connectivity index (χ0n) is 10.6. The van der Waals surface area contributed by atoms with Crippen LogP contribution in [0.3, 0.4) is 0 Å². The lowest BCUT2D eigenvalue weighted by molar-refractivity contribution is -0.122. The monoisotopic (exact) mass is 265 g/mol. The molecule has 0 unspecified atom stereocenters. The van der Waals surface area contributed by atoms with Crippen LogP contribution in [-0.4, -0.2) is 28.6 Å². The Morgan fingerprint density at radius 1 is 1.26 bits per heavy atom. The predicted octanol–water partition coefficient (Wildman–Crippen LogP) is 0.770. The fourth-order valence-corrected chi connectivity index (χ4v) is 1.24. The van der Waals surface area contributed by atoms with Crippen LogP contribution in [0.2, 0.25) is 0 Å². The molecule has 1 aromatic rings. The van der Waals surface area contributed by atoms with Gasteiger partial charge in [0.25, 0.3) is 0 Å². The average Bonchev–Trinajstić information content (AvgIpc) is 2.28. The van der Waals surface area contributed by atoms with Crippen molar-refractivity contribution in [2.45, 2.75) is 19.4 Å². The van der Waals surface area contributed by atoms with E-state index in [0.29, 0.717) is 5.69 Å². The summed E-state index contributed by atoms with van der Waals surface area (Å²) < 4.78 is 0. The number of hydrogen-bond donors (Lipinski definition) is 4. The number of primary amides is 1. The second-order valence-electron chi connectivity index (χ2n) is 4.45. The number of rotatable bonds is 4. The van der Waals surface area contributed by atoms with Crippen LogP contribution in [0.15, 0.2) is 24.3 Å². The number of urea groups is 1. The van der Waals surface area contributed by atoms with Gasteiger partial charge >= 0.3 is 12.0 Å². The molecule has 3 amide bonds. The molecule has 5 N–H and O–H groups in total.